The number of anilines is 1. The third kappa shape index (κ3) is 5.36. The number of aliphatic hydroxyl groups is 1. The van der Waals surface area contributed by atoms with Crippen molar-refractivity contribution in [1.82, 2.24) is 5.32 Å². The lowest BCUT2D eigenvalue weighted by atomic mass is 9.79. The minimum atomic E-state index is -0.663. The number of nitrogens with one attached hydrogen (secondary N) is 2. The number of benzene rings is 1. The first-order chi connectivity index (χ1) is 10.9. The zero-order valence-corrected chi connectivity index (χ0v) is 14.5. The van der Waals surface area contributed by atoms with Gasteiger partial charge in [-0.1, -0.05) is 26.0 Å². The number of hydrogen-bond donors (Lipinski definition) is 3. The van der Waals surface area contributed by atoms with Crippen LogP contribution in [0.25, 0.3) is 0 Å². The number of aliphatic hydroxyl groups excluding tert-OH is 1. The second kappa shape index (κ2) is 8.67. The maximum absolute atomic E-state index is 12.1. The summed E-state index contributed by atoms with van der Waals surface area (Å²) in [4.78, 5) is 24.1. The Hall–Kier alpha value is -1.88. The van der Waals surface area contributed by atoms with Crippen LogP contribution in [0.1, 0.15) is 44.2 Å². The second-order valence-corrected chi connectivity index (χ2v) is 6.14. The van der Waals surface area contributed by atoms with Crippen molar-refractivity contribution in [3.05, 3.63) is 29.3 Å². The molecule has 0 aliphatic heterocycles. The van der Waals surface area contributed by atoms with Crippen LogP contribution in [0.2, 0.25) is 0 Å². The van der Waals surface area contributed by atoms with Crippen LogP contribution in [0, 0.1) is 19.3 Å². The van der Waals surface area contributed by atoms with Crippen LogP contribution in [0.5, 0.6) is 0 Å². The highest BCUT2D eigenvalue weighted by molar-refractivity contribution is 6.39. The van der Waals surface area contributed by atoms with Gasteiger partial charge in [0.15, 0.2) is 0 Å². The molecule has 128 valence electrons. The Balaban J connectivity index is 2.67. The number of carbonyl (C=O) groups excluding carboxylic acids is 2. The van der Waals surface area contributed by atoms with E-state index >= 15 is 0 Å². The normalized spacial score (nSPS) is 11.2. The van der Waals surface area contributed by atoms with Gasteiger partial charge in [-0.25, -0.2) is 0 Å². The van der Waals surface area contributed by atoms with Gasteiger partial charge in [-0.3, -0.25) is 9.59 Å². The lowest BCUT2D eigenvalue weighted by Gasteiger charge is -2.31. The van der Waals surface area contributed by atoms with Gasteiger partial charge in [0.05, 0.1) is 0 Å². The molecule has 0 radical (unpaired) electrons. The fraction of sp³-hybridized carbons (Fsp3) is 0.556. The van der Waals surface area contributed by atoms with Crippen LogP contribution < -0.4 is 10.6 Å². The molecule has 0 aromatic heterocycles. The molecule has 5 nitrogen and oxygen atoms in total. The number of carbonyl (C=O) groups is 2. The molecule has 0 atom stereocenters. The molecule has 0 spiro atoms. The highest BCUT2D eigenvalue weighted by Crippen LogP contribution is 2.29. The number of hydrogen-bond acceptors (Lipinski definition) is 3. The van der Waals surface area contributed by atoms with Gasteiger partial charge in [0.25, 0.3) is 0 Å². The monoisotopic (exact) mass is 320 g/mol. The van der Waals surface area contributed by atoms with Crippen molar-refractivity contribution < 1.29 is 14.7 Å². The van der Waals surface area contributed by atoms with Crippen molar-refractivity contribution in [2.45, 2.75) is 47.0 Å². The average molecular weight is 320 g/mol. The number of aryl methyl sites for hydroxylation is 2. The summed E-state index contributed by atoms with van der Waals surface area (Å²) in [5.74, 6) is -1.31. The smallest absolute Gasteiger partial charge is 0.313 e. The molecule has 0 aliphatic rings. The maximum Gasteiger partial charge on any atom is 0.313 e. The van der Waals surface area contributed by atoms with Crippen LogP contribution in [0.15, 0.2) is 18.2 Å². The highest BCUT2D eigenvalue weighted by Gasteiger charge is 2.27. The summed E-state index contributed by atoms with van der Waals surface area (Å²) < 4.78 is 0. The molecule has 3 N–H and O–H groups in total. The van der Waals surface area contributed by atoms with Gasteiger partial charge in [0.2, 0.25) is 0 Å². The summed E-state index contributed by atoms with van der Waals surface area (Å²) in [5.41, 5.74) is 2.42. The predicted octanol–water partition coefficient (Wildman–Crippen LogP) is 2.55. The number of rotatable bonds is 7. The second-order valence-electron chi connectivity index (χ2n) is 6.14. The molecular weight excluding hydrogens is 292 g/mol. The Morgan fingerprint density at radius 2 is 1.78 bits per heavy atom. The van der Waals surface area contributed by atoms with Crippen LogP contribution in [0.4, 0.5) is 5.69 Å². The van der Waals surface area contributed by atoms with Crippen LogP contribution in [-0.2, 0) is 9.59 Å². The summed E-state index contributed by atoms with van der Waals surface area (Å²) in [6.07, 6.45) is 2.28. The van der Waals surface area contributed by atoms with Crippen LogP contribution in [-0.4, -0.2) is 30.1 Å². The maximum atomic E-state index is 12.1. The Morgan fingerprint density at radius 1 is 1.13 bits per heavy atom. The van der Waals surface area contributed by atoms with E-state index in [-0.39, 0.29) is 12.0 Å². The Labute approximate surface area is 138 Å². The summed E-state index contributed by atoms with van der Waals surface area (Å²) in [5, 5.41) is 14.6. The van der Waals surface area contributed by atoms with E-state index in [1.807, 2.05) is 45.9 Å². The molecule has 0 aliphatic carbocycles. The van der Waals surface area contributed by atoms with Crippen molar-refractivity contribution in [1.29, 1.82) is 0 Å². The van der Waals surface area contributed by atoms with E-state index in [2.05, 4.69) is 10.6 Å². The Bertz CT molecular complexity index is 551. The van der Waals surface area contributed by atoms with Crippen molar-refractivity contribution in [3.63, 3.8) is 0 Å². The van der Waals surface area contributed by atoms with Gasteiger partial charge in [-0.15, -0.1) is 0 Å². The van der Waals surface area contributed by atoms with E-state index in [1.165, 1.54) is 0 Å². The fourth-order valence-electron chi connectivity index (χ4n) is 2.58. The standard InChI is InChI=1S/C18H28N2O3/c1-5-18(6-2,9-10-21)12-19-16(22)17(23)20-15-11-13(3)7-8-14(15)4/h7-8,11,21H,5-6,9-10,12H2,1-4H3,(H,19,22)(H,20,23). The molecule has 2 amide bonds. The molecular formula is C18H28N2O3. The van der Waals surface area contributed by atoms with Crippen LogP contribution >= 0.6 is 0 Å². The minimum absolute atomic E-state index is 0.0756. The van der Waals surface area contributed by atoms with E-state index in [1.54, 1.807) is 0 Å². The summed E-state index contributed by atoms with van der Waals surface area (Å²) >= 11 is 0. The molecule has 5 heteroatoms. The summed E-state index contributed by atoms with van der Waals surface area (Å²) in [6, 6.07) is 5.70. The first kappa shape index (κ1) is 19.2. The summed E-state index contributed by atoms with van der Waals surface area (Å²) in [6.45, 7) is 8.34. The van der Waals surface area contributed by atoms with Crippen molar-refractivity contribution in [2.75, 3.05) is 18.5 Å². The lowest BCUT2D eigenvalue weighted by molar-refractivity contribution is -0.136. The van der Waals surface area contributed by atoms with Gasteiger partial charge >= 0.3 is 11.8 Å². The SMILES string of the molecule is CCC(CC)(CCO)CNC(=O)C(=O)Nc1cc(C)ccc1C. The number of amides is 2. The molecule has 0 unspecified atom stereocenters. The predicted molar refractivity (Wildman–Crippen MR) is 92.3 cm³/mol. The Kier molecular flexibility index (Phi) is 7.23. The van der Waals surface area contributed by atoms with E-state index in [4.69, 9.17) is 0 Å². The average Bonchev–Trinajstić information content (AvgIpc) is 2.54. The van der Waals surface area contributed by atoms with E-state index < -0.39 is 11.8 Å². The molecule has 1 aromatic carbocycles. The van der Waals surface area contributed by atoms with E-state index in [0.29, 0.717) is 18.7 Å². The molecule has 0 saturated carbocycles. The van der Waals surface area contributed by atoms with E-state index in [0.717, 1.165) is 24.0 Å². The minimum Gasteiger partial charge on any atom is -0.396 e. The molecule has 23 heavy (non-hydrogen) atoms. The van der Waals surface area contributed by atoms with Crippen LogP contribution in [0.3, 0.4) is 0 Å². The van der Waals surface area contributed by atoms with E-state index in [9.17, 15) is 14.7 Å². The van der Waals surface area contributed by atoms with Gasteiger partial charge in [-0.2, -0.15) is 0 Å². The first-order valence-corrected chi connectivity index (χ1v) is 8.14. The topological polar surface area (TPSA) is 78.4 Å². The van der Waals surface area contributed by atoms with Gasteiger partial charge in [0, 0.05) is 18.8 Å². The largest absolute Gasteiger partial charge is 0.396 e. The third-order valence-electron chi connectivity index (χ3n) is 4.61. The third-order valence-corrected chi connectivity index (χ3v) is 4.61. The highest BCUT2D eigenvalue weighted by atomic mass is 16.3. The van der Waals surface area contributed by atoms with Gasteiger partial charge in [-0.05, 0) is 55.7 Å². The van der Waals surface area contributed by atoms with Gasteiger partial charge in [0.1, 0.15) is 0 Å². The Morgan fingerprint density at radius 3 is 2.35 bits per heavy atom. The quantitative estimate of drug-likeness (QED) is 0.676. The lowest BCUT2D eigenvalue weighted by Crippen LogP contribution is -2.42. The van der Waals surface area contributed by atoms with Gasteiger partial charge < -0.3 is 15.7 Å². The zero-order chi connectivity index (χ0) is 17.5. The molecule has 1 rings (SSSR count). The molecule has 1 aromatic rings. The molecule has 0 bridgehead atoms. The molecule has 0 fully saturated rings. The fourth-order valence-corrected chi connectivity index (χ4v) is 2.58. The van der Waals surface area contributed by atoms with Crippen molar-refractivity contribution in [2.24, 2.45) is 5.41 Å². The molecule has 0 saturated heterocycles. The van der Waals surface area contributed by atoms with Crippen molar-refractivity contribution >= 4 is 17.5 Å². The van der Waals surface area contributed by atoms with Crippen molar-refractivity contribution in [3.8, 4) is 0 Å². The summed E-state index contributed by atoms with van der Waals surface area (Å²) in [7, 11) is 0. The molecule has 0 heterocycles. The zero-order valence-electron chi connectivity index (χ0n) is 14.5. The first-order valence-electron chi connectivity index (χ1n) is 8.14.